The third-order valence-electron chi connectivity index (χ3n) is 5.44. The van der Waals surface area contributed by atoms with Gasteiger partial charge in [-0.05, 0) is 0 Å². The van der Waals surface area contributed by atoms with Gasteiger partial charge in [-0.3, -0.25) is 0 Å². The zero-order valence-corrected chi connectivity index (χ0v) is 17.7. The molecule has 0 bridgehead atoms. The molecule has 182 valence electrons. The summed E-state index contributed by atoms with van der Waals surface area (Å²) < 4.78 is 22.0. The van der Waals surface area contributed by atoms with Crippen molar-refractivity contribution >= 4 is 11.0 Å². The van der Waals surface area contributed by atoms with Gasteiger partial charge in [0.1, 0.15) is 41.3 Å². The first kappa shape index (κ1) is 23.6. The van der Waals surface area contributed by atoms with Crippen molar-refractivity contribution in [2.75, 3.05) is 13.7 Å². The summed E-state index contributed by atoms with van der Waals surface area (Å²) in [4.78, 5) is 0. The number of phenols is 4. The lowest BCUT2D eigenvalue weighted by atomic mass is 9.99. The average molecular weight is 479 g/mol. The monoisotopic (exact) mass is 479 g/mol. The number of ether oxygens (including phenoxy) is 3. The van der Waals surface area contributed by atoms with Gasteiger partial charge in [-0.2, -0.15) is 0 Å². The zero-order chi connectivity index (χ0) is 24.7. The molecule has 0 unspecified atom stereocenters. The van der Waals surface area contributed by atoms with Crippen molar-refractivity contribution in [3.8, 4) is 45.8 Å². The van der Waals surface area contributed by atoms with E-state index >= 15 is 0 Å². The van der Waals surface area contributed by atoms with Gasteiger partial charge in [-0.25, -0.2) is 4.42 Å². The molecule has 34 heavy (non-hydrogen) atoms. The van der Waals surface area contributed by atoms with E-state index in [4.69, 9.17) is 18.6 Å². The summed E-state index contributed by atoms with van der Waals surface area (Å²) in [5.74, 6) is -2.12. The summed E-state index contributed by atoms with van der Waals surface area (Å²) in [7, 11) is 1.26. The second-order valence-electron chi connectivity index (χ2n) is 7.68. The van der Waals surface area contributed by atoms with E-state index in [2.05, 4.69) is 0 Å². The summed E-state index contributed by atoms with van der Waals surface area (Å²) in [6.07, 6.45) is -7.88. The van der Waals surface area contributed by atoms with Gasteiger partial charge in [0.2, 0.25) is 17.8 Å². The highest BCUT2D eigenvalue weighted by Crippen LogP contribution is 2.45. The molecule has 0 radical (unpaired) electrons. The van der Waals surface area contributed by atoms with Crippen LogP contribution in [0.2, 0.25) is 0 Å². The van der Waals surface area contributed by atoms with Gasteiger partial charge in [-0.15, -0.1) is 0 Å². The molecular weight excluding hydrogens is 456 g/mol. The number of rotatable bonds is 5. The highest BCUT2D eigenvalue weighted by molar-refractivity contribution is 5.88. The van der Waals surface area contributed by atoms with Gasteiger partial charge in [0.15, 0.2) is 11.5 Å². The summed E-state index contributed by atoms with van der Waals surface area (Å²) in [6.45, 7) is -0.678. The maximum Gasteiger partial charge on any atom is 0.402 e. The minimum absolute atomic E-state index is 0.0141. The summed E-state index contributed by atoms with van der Waals surface area (Å²) in [5.41, 5.74) is 0.136. The van der Waals surface area contributed by atoms with E-state index in [0.29, 0.717) is 0 Å². The Morgan fingerprint density at radius 2 is 1.62 bits per heavy atom. The second-order valence-corrected chi connectivity index (χ2v) is 7.68. The van der Waals surface area contributed by atoms with Crippen LogP contribution in [0.3, 0.4) is 0 Å². The fourth-order valence-corrected chi connectivity index (χ4v) is 3.64. The number of aliphatic hydroxyl groups excluding tert-OH is 4. The Kier molecular flexibility index (Phi) is 6.25. The van der Waals surface area contributed by atoms with E-state index in [1.165, 1.54) is 25.3 Å². The molecule has 3 aromatic rings. The summed E-state index contributed by atoms with van der Waals surface area (Å²) in [5, 5.41) is 80.1. The van der Waals surface area contributed by atoms with Crippen LogP contribution in [0.15, 0.2) is 34.7 Å². The van der Waals surface area contributed by atoms with E-state index in [9.17, 15) is 40.9 Å². The average Bonchev–Trinajstić information content (AvgIpc) is 2.81. The second kappa shape index (κ2) is 9.00. The molecule has 0 aliphatic carbocycles. The van der Waals surface area contributed by atoms with Crippen molar-refractivity contribution in [3.05, 3.63) is 30.3 Å². The molecule has 1 fully saturated rings. The maximum absolute atomic E-state index is 10.4. The van der Waals surface area contributed by atoms with Crippen LogP contribution in [-0.4, -0.2) is 85.3 Å². The first-order valence-corrected chi connectivity index (χ1v) is 10.0. The Morgan fingerprint density at radius 1 is 0.882 bits per heavy atom. The van der Waals surface area contributed by atoms with Gasteiger partial charge in [0.05, 0.1) is 25.3 Å². The molecule has 2 aromatic carbocycles. The number of phenolic OH excluding ortho intramolecular Hbond substituents is 4. The van der Waals surface area contributed by atoms with E-state index in [1.54, 1.807) is 0 Å². The summed E-state index contributed by atoms with van der Waals surface area (Å²) in [6, 6.07) is 6.01. The van der Waals surface area contributed by atoms with Crippen molar-refractivity contribution in [2.24, 2.45) is 0 Å². The topological polar surface area (TPSA) is 201 Å². The Bertz CT molecular complexity index is 1210. The third kappa shape index (κ3) is 4.08. The summed E-state index contributed by atoms with van der Waals surface area (Å²) >= 11 is 0. The number of hydrogen-bond acceptors (Lipinski definition) is 11. The van der Waals surface area contributed by atoms with E-state index in [-0.39, 0.29) is 45.3 Å². The normalized spacial score (nSPS) is 24.8. The number of aromatic hydroxyl groups is 4. The first-order chi connectivity index (χ1) is 16.1. The molecule has 2 heterocycles. The van der Waals surface area contributed by atoms with Crippen LogP contribution >= 0.6 is 0 Å². The molecule has 12 heteroatoms. The predicted octanol–water partition coefficient (Wildman–Crippen LogP) is 0.391. The van der Waals surface area contributed by atoms with Crippen LogP contribution in [0.5, 0.6) is 34.5 Å². The Labute approximate surface area is 191 Å². The lowest BCUT2D eigenvalue weighted by molar-refractivity contribution is -0.277. The first-order valence-electron chi connectivity index (χ1n) is 10.0. The number of benzene rings is 2. The van der Waals surface area contributed by atoms with Crippen LogP contribution in [0, 0.1) is 0 Å². The van der Waals surface area contributed by atoms with E-state index in [1.807, 2.05) is 0 Å². The van der Waals surface area contributed by atoms with Crippen molar-refractivity contribution in [1.29, 1.82) is 0 Å². The largest absolute Gasteiger partial charge is 0.507 e. The van der Waals surface area contributed by atoms with Crippen LogP contribution in [-0.2, 0) is 4.74 Å². The standard InChI is InChI=1S/C22H22O12/c1-31-14-3-8(2-12(26)17(14)27)21-15(6-10-11(25)4-9(24)5-13(10)32-21)33-22-20(30)19(29)18(28)16(7-23)34-22/h2-6,16,18-20,22-23,28-30H,7H2,1H3,(H3-,24,25,26,27)/p+1/t16-,18+,19+,20-,22-/m0/s1. The molecule has 0 saturated carbocycles. The van der Waals surface area contributed by atoms with E-state index in [0.717, 1.165) is 12.1 Å². The molecule has 1 aromatic heterocycles. The quantitative estimate of drug-likeness (QED) is 0.185. The molecule has 5 atom stereocenters. The Morgan fingerprint density at radius 3 is 2.29 bits per heavy atom. The van der Waals surface area contributed by atoms with E-state index < -0.39 is 48.8 Å². The maximum atomic E-state index is 10.4. The van der Waals surface area contributed by atoms with Gasteiger partial charge in [-0.1, -0.05) is 0 Å². The zero-order valence-electron chi connectivity index (χ0n) is 17.7. The number of methoxy groups -OCH3 is 1. The number of aliphatic hydroxyl groups is 4. The fourth-order valence-electron chi connectivity index (χ4n) is 3.64. The van der Waals surface area contributed by atoms with Gasteiger partial charge in [0, 0.05) is 24.3 Å². The SMILES string of the molecule is COc1cc(-c2[o+]c3cc(O)cc(O)c3cc2O[C@H]2O[C@@H](CO)[C@@H](O)[C@@H](O)[C@@H]2O)cc(O)c1O. The smallest absolute Gasteiger partial charge is 0.402 e. The van der Waals surface area contributed by atoms with Gasteiger partial charge >= 0.3 is 11.3 Å². The van der Waals surface area contributed by atoms with Crippen LogP contribution < -0.4 is 9.47 Å². The highest BCUT2D eigenvalue weighted by atomic mass is 16.7. The third-order valence-corrected chi connectivity index (χ3v) is 5.44. The number of fused-ring (bicyclic) bond motifs is 1. The molecule has 1 saturated heterocycles. The van der Waals surface area contributed by atoms with Crippen LogP contribution in [0.1, 0.15) is 0 Å². The molecule has 1 aliphatic rings. The Hall–Kier alpha value is -3.55. The van der Waals surface area contributed by atoms with Crippen molar-refractivity contribution < 1.29 is 59.5 Å². The van der Waals surface area contributed by atoms with Crippen LogP contribution in [0.4, 0.5) is 0 Å². The molecule has 8 N–H and O–H groups in total. The lowest BCUT2D eigenvalue weighted by Crippen LogP contribution is -2.60. The molecule has 0 spiro atoms. The number of hydrogen-bond donors (Lipinski definition) is 8. The van der Waals surface area contributed by atoms with Crippen molar-refractivity contribution in [1.82, 2.24) is 0 Å². The molecule has 1 aliphatic heterocycles. The highest BCUT2D eigenvalue weighted by Gasteiger charge is 2.45. The fraction of sp³-hybridized carbons (Fsp3) is 0.318. The van der Waals surface area contributed by atoms with Crippen molar-refractivity contribution in [3.63, 3.8) is 0 Å². The molecule has 0 amide bonds. The predicted molar refractivity (Wildman–Crippen MR) is 114 cm³/mol. The molecule has 4 rings (SSSR count). The van der Waals surface area contributed by atoms with Crippen molar-refractivity contribution in [2.45, 2.75) is 30.7 Å². The van der Waals surface area contributed by atoms with Gasteiger partial charge in [0.25, 0.3) is 0 Å². The molecule has 12 nitrogen and oxygen atoms in total. The minimum Gasteiger partial charge on any atom is -0.507 e. The minimum atomic E-state index is -1.74. The van der Waals surface area contributed by atoms with Crippen LogP contribution in [0.25, 0.3) is 22.3 Å². The lowest BCUT2D eigenvalue weighted by Gasteiger charge is -2.39. The Balaban J connectivity index is 1.87. The van der Waals surface area contributed by atoms with Gasteiger partial charge < -0.3 is 55.1 Å². The molecular formula is C22H23O12+.